The van der Waals surface area contributed by atoms with E-state index in [0.717, 1.165) is 18.3 Å². The summed E-state index contributed by atoms with van der Waals surface area (Å²) in [4.78, 5) is 10.9. The Bertz CT molecular complexity index is 598. The van der Waals surface area contributed by atoms with Gasteiger partial charge >= 0.3 is 5.97 Å². The lowest BCUT2D eigenvalue weighted by atomic mass is 10.1. The molecule has 0 bridgehead atoms. The molecule has 0 unspecified atom stereocenters. The number of nitrogens with zero attached hydrogens (tertiary/aromatic N) is 2. The molecule has 0 spiro atoms. The van der Waals surface area contributed by atoms with Gasteiger partial charge in [0.2, 0.25) is 0 Å². The summed E-state index contributed by atoms with van der Waals surface area (Å²) in [5.74, 6) is -2.28. The Morgan fingerprint density at radius 2 is 2.06 bits per heavy atom. The van der Waals surface area contributed by atoms with Crippen LogP contribution in [0.4, 0.5) is 10.1 Å². The second-order valence-electron chi connectivity index (χ2n) is 3.01. The Balaban J connectivity index is 3.30. The van der Waals surface area contributed by atoms with Crippen LogP contribution in [0.1, 0.15) is 10.4 Å². The Morgan fingerprint density at radius 3 is 2.56 bits per heavy atom. The van der Waals surface area contributed by atoms with E-state index in [2.05, 4.69) is 5.32 Å². The SMILES string of the molecule is N#CC(C#N)=CNc1c(F)ccc(Cl)c1C(=O)O. The Hall–Kier alpha value is -2.57. The number of allylic oxidation sites excluding steroid dienone is 1. The van der Waals surface area contributed by atoms with Crippen molar-refractivity contribution in [3.8, 4) is 12.1 Å². The number of anilines is 1. The number of nitriles is 2. The number of aromatic carboxylic acids is 1. The number of benzene rings is 1. The smallest absolute Gasteiger partial charge is 0.339 e. The summed E-state index contributed by atoms with van der Waals surface area (Å²) in [5.41, 5.74) is -1.20. The maximum absolute atomic E-state index is 13.5. The quantitative estimate of drug-likeness (QED) is 0.819. The second-order valence-corrected chi connectivity index (χ2v) is 3.42. The van der Waals surface area contributed by atoms with Crippen LogP contribution >= 0.6 is 11.6 Å². The molecule has 0 atom stereocenters. The van der Waals surface area contributed by atoms with Crippen LogP contribution in [0, 0.1) is 28.5 Å². The molecule has 0 saturated carbocycles. The minimum Gasteiger partial charge on any atom is -0.478 e. The molecule has 2 N–H and O–H groups in total. The lowest BCUT2D eigenvalue weighted by Crippen LogP contribution is -2.06. The van der Waals surface area contributed by atoms with Gasteiger partial charge in [-0.1, -0.05) is 11.6 Å². The van der Waals surface area contributed by atoms with Crippen molar-refractivity contribution >= 4 is 23.3 Å². The lowest BCUT2D eigenvalue weighted by Gasteiger charge is -2.08. The zero-order valence-electron chi connectivity index (χ0n) is 8.74. The van der Waals surface area contributed by atoms with Gasteiger partial charge in [0.05, 0.1) is 10.7 Å². The molecule has 0 aliphatic carbocycles. The van der Waals surface area contributed by atoms with Gasteiger partial charge < -0.3 is 10.4 Å². The van der Waals surface area contributed by atoms with E-state index in [1.54, 1.807) is 0 Å². The molecule has 0 aliphatic rings. The van der Waals surface area contributed by atoms with E-state index in [9.17, 15) is 9.18 Å². The number of carbonyl (C=O) groups is 1. The van der Waals surface area contributed by atoms with Gasteiger partial charge in [-0.2, -0.15) is 10.5 Å². The third-order valence-corrected chi connectivity index (χ3v) is 2.23. The second kappa shape index (κ2) is 5.67. The van der Waals surface area contributed by atoms with Gasteiger partial charge in [0.1, 0.15) is 29.1 Å². The minimum atomic E-state index is -1.43. The van der Waals surface area contributed by atoms with Crippen molar-refractivity contribution in [2.45, 2.75) is 0 Å². The molecule has 1 aromatic carbocycles. The van der Waals surface area contributed by atoms with E-state index in [1.165, 1.54) is 12.1 Å². The maximum Gasteiger partial charge on any atom is 0.339 e. The van der Waals surface area contributed by atoms with Crippen molar-refractivity contribution in [3.63, 3.8) is 0 Å². The maximum atomic E-state index is 13.5. The van der Waals surface area contributed by atoms with Gasteiger partial charge in [0.25, 0.3) is 0 Å². The average molecular weight is 266 g/mol. The van der Waals surface area contributed by atoms with Crippen LogP contribution in [0.2, 0.25) is 5.02 Å². The number of nitrogens with one attached hydrogen (secondary N) is 1. The van der Waals surface area contributed by atoms with Gasteiger partial charge in [0.15, 0.2) is 0 Å². The summed E-state index contributed by atoms with van der Waals surface area (Å²) in [6.45, 7) is 0. The van der Waals surface area contributed by atoms with Crippen LogP contribution < -0.4 is 5.32 Å². The third kappa shape index (κ3) is 2.76. The third-order valence-electron chi connectivity index (χ3n) is 1.92. The molecule has 90 valence electrons. The highest BCUT2D eigenvalue weighted by Crippen LogP contribution is 2.27. The predicted octanol–water partition coefficient (Wildman–Crippen LogP) is 2.52. The number of rotatable bonds is 3. The number of carboxylic acid groups (broad SMARTS) is 1. The zero-order chi connectivity index (χ0) is 13.7. The number of carboxylic acids is 1. The summed E-state index contributed by atoms with van der Waals surface area (Å²) in [6.07, 6.45) is 0.904. The van der Waals surface area contributed by atoms with E-state index in [1.807, 2.05) is 0 Å². The fraction of sp³-hybridized carbons (Fsp3) is 0. The fourth-order valence-corrected chi connectivity index (χ4v) is 1.37. The van der Waals surface area contributed by atoms with Crippen molar-refractivity contribution in [3.05, 3.63) is 40.3 Å². The molecule has 0 saturated heterocycles. The van der Waals surface area contributed by atoms with Gasteiger partial charge in [0, 0.05) is 6.20 Å². The summed E-state index contributed by atoms with van der Waals surface area (Å²) >= 11 is 5.64. The van der Waals surface area contributed by atoms with Crippen molar-refractivity contribution in [1.29, 1.82) is 10.5 Å². The molecule has 5 nitrogen and oxygen atoms in total. The molecule has 0 heterocycles. The number of halogens is 2. The van der Waals surface area contributed by atoms with Crippen LogP contribution in [-0.2, 0) is 0 Å². The fourth-order valence-electron chi connectivity index (χ4n) is 1.14. The van der Waals surface area contributed by atoms with Crippen molar-refractivity contribution < 1.29 is 14.3 Å². The molecule has 0 amide bonds. The number of hydrogen-bond acceptors (Lipinski definition) is 4. The average Bonchev–Trinajstić information content (AvgIpc) is 2.34. The van der Waals surface area contributed by atoms with Crippen LogP contribution in [0.25, 0.3) is 0 Å². The van der Waals surface area contributed by atoms with Gasteiger partial charge in [-0.3, -0.25) is 0 Å². The summed E-state index contributed by atoms with van der Waals surface area (Å²) in [7, 11) is 0. The Kier molecular flexibility index (Phi) is 4.25. The number of hydrogen-bond donors (Lipinski definition) is 2. The topological polar surface area (TPSA) is 96.9 Å². The van der Waals surface area contributed by atoms with E-state index >= 15 is 0 Å². The van der Waals surface area contributed by atoms with Gasteiger partial charge in [-0.05, 0) is 12.1 Å². The van der Waals surface area contributed by atoms with Crippen LogP contribution in [0.3, 0.4) is 0 Å². The summed E-state index contributed by atoms with van der Waals surface area (Å²) in [6, 6.07) is 5.16. The molecule has 0 radical (unpaired) electrons. The lowest BCUT2D eigenvalue weighted by molar-refractivity contribution is 0.0697. The van der Waals surface area contributed by atoms with E-state index in [4.69, 9.17) is 27.2 Å². The first-order valence-corrected chi connectivity index (χ1v) is 4.87. The minimum absolute atomic E-state index is 0.157. The van der Waals surface area contributed by atoms with Crippen LogP contribution in [0.15, 0.2) is 23.9 Å². The van der Waals surface area contributed by atoms with Crippen LogP contribution in [0.5, 0.6) is 0 Å². The molecular weight excluding hydrogens is 261 g/mol. The summed E-state index contributed by atoms with van der Waals surface area (Å²) < 4.78 is 13.5. The first-order chi connectivity index (χ1) is 8.51. The molecule has 7 heteroatoms. The highest BCUT2D eigenvalue weighted by molar-refractivity contribution is 6.34. The van der Waals surface area contributed by atoms with E-state index < -0.39 is 23.0 Å². The summed E-state index contributed by atoms with van der Waals surface area (Å²) in [5, 5.41) is 28.0. The van der Waals surface area contributed by atoms with Crippen LogP contribution in [-0.4, -0.2) is 11.1 Å². The van der Waals surface area contributed by atoms with Gasteiger partial charge in [-0.25, -0.2) is 9.18 Å². The Morgan fingerprint density at radius 1 is 1.44 bits per heavy atom. The predicted molar refractivity (Wildman–Crippen MR) is 61.3 cm³/mol. The molecular formula is C11H5ClFN3O2. The molecule has 1 aromatic rings. The van der Waals surface area contributed by atoms with Gasteiger partial charge in [-0.15, -0.1) is 0 Å². The molecule has 0 aliphatic heterocycles. The first-order valence-electron chi connectivity index (χ1n) is 4.49. The zero-order valence-corrected chi connectivity index (χ0v) is 9.49. The Labute approximate surface area is 106 Å². The van der Waals surface area contributed by atoms with E-state index in [0.29, 0.717) is 0 Å². The van der Waals surface area contributed by atoms with E-state index in [-0.39, 0.29) is 10.6 Å². The normalized spacial score (nSPS) is 8.89. The largest absolute Gasteiger partial charge is 0.478 e. The van der Waals surface area contributed by atoms with Crippen molar-refractivity contribution in [2.24, 2.45) is 0 Å². The highest BCUT2D eigenvalue weighted by Gasteiger charge is 2.18. The standard InChI is InChI=1S/C11H5ClFN3O2/c12-7-1-2-8(13)10(9(7)11(17)18)16-5-6(3-14)4-15/h1-2,5,16H,(H,17,18). The monoisotopic (exact) mass is 265 g/mol. The molecule has 0 aromatic heterocycles. The highest BCUT2D eigenvalue weighted by atomic mass is 35.5. The molecule has 18 heavy (non-hydrogen) atoms. The van der Waals surface area contributed by atoms with Crippen molar-refractivity contribution in [2.75, 3.05) is 5.32 Å². The molecule has 1 rings (SSSR count). The molecule has 0 fully saturated rings. The first kappa shape index (κ1) is 13.5. The van der Waals surface area contributed by atoms with Crippen molar-refractivity contribution in [1.82, 2.24) is 0 Å².